The van der Waals surface area contributed by atoms with Crippen molar-refractivity contribution < 1.29 is 46.1 Å². The number of carboxylic acid groups (broad SMARTS) is 1. The number of amides is 1. The maximum Gasteiger partial charge on any atom is 0.401 e. The summed E-state index contributed by atoms with van der Waals surface area (Å²) in [6.45, 7) is 1.40. The van der Waals surface area contributed by atoms with Crippen molar-refractivity contribution in [2.75, 3.05) is 44.3 Å². The number of carbonyl (C=O) groups is 2. The predicted molar refractivity (Wildman–Crippen MR) is 173 cm³/mol. The van der Waals surface area contributed by atoms with Gasteiger partial charge in [0, 0.05) is 57.1 Å². The molecule has 1 aromatic heterocycles. The van der Waals surface area contributed by atoms with Gasteiger partial charge in [-0.2, -0.15) is 22.0 Å². The van der Waals surface area contributed by atoms with Crippen LogP contribution in [-0.4, -0.2) is 89.1 Å². The van der Waals surface area contributed by atoms with Crippen molar-refractivity contribution in [3.05, 3.63) is 41.2 Å². The SMILES string of the molecule is CC(F)(F)c1nc(N2CC3(CCOCC3)c3cc(O[C@@H]4CCN(CC(F)(F)F)C4)ccc32)ncc1C(=O)NC1(C(=O)O)C2CC3CC(C2)CC1C3. The summed E-state index contributed by atoms with van der Waals surface area (Å²) < 4.78 is 81.4. The fourth-order valence-electron chi connectivity index (χ4n) is 10.4. The van der Waals surface area contributed by atoms with E-state index in [0.717, 1.165) is 18.2 Å². The number of nitrogens with one attached hydrogen (secondary N) is 1. The number of anilines is 2. The van der Waals surface area contributed by atoms with Crippen molar-refractivity contribution in [2.24, 2.45) is 23.7 Å². The van der Waals surface area contributed by atoms with Crippen LogP contribution in [0.4, 0.5) is 33.6 Å². The first-order valence-corrected chi connectivity index (χ1v) is 17.9. The van der Waals surface area contributed by atoms with Crippen LogP contribution in [-0.2, 0) is 20.9 Å². The van der Waals surface area contributed by atoms with Crippen molar-refractivity contribution in [3.8, 4) is 5.75 Å². The Balaban J connectivity index is 1.08. The van der Waals surface area contributed by atoms with Crippen LogP contribution in [0.15, 0.2) is 24.4 Å². The minimum Gasteiger partial charge on any atom is -0.489 e. The number of carboxylic acids is 1. The van der Waals surface area contributed by atoms with Crippen LogP contribution in [0.5, 0.6) is 5.75 Å². The quantitative estimate of drug-likeness (QED) is 0.326. The average Bonchev–Trinajstić information content (AvgIpc) is 3.62. The van der Waals surface area contributed by atoms with Gasteiger partial charge in [0.2, 0.25) is 5.95 Å². The number of carbonyl (C=O) groups excluding carboxylic acids is 1. The molecule has 6 fully saturated rings. The molecule has 7 aliphatic rings. The van der Waals surface area contributed by atoms with Gasteiger partial charge in [-0.3, -0.25) is 9.69 Å². The van der Waals surface area contributed by atoms with Crippen LogP contribution < -0.4 is 15.0 Å². The zero-order chi connectivity index (χ0) is 35.9. The number of benzene rings is 1. The zero-order valence-corrected chi connectivity index (χ0v) is 28.4. The van der Waals surface area contributed by atoms with Gasteiger partial charge in [0.1, 0.15) is 23.1 Å². The number of halogens is 5. The molecule has 276 valence electrons. The van der Waals surface area contributed by atoms with Crippen LogP contribution in [0.25, 0.3) is 0 Å². The topological polar surface area (TPSA) is 117 Å². The minimum atomic E-state index is -4.29. The van der Waals surface area contributed by atoms with Crippen LogP contribution in [0, 0.1) is 23.7 Å². The van der Waals surface area contributed by atoms with E-state index in [2.05, 4.69) is 15.3 Å². The number of rotatable bonds is 8. The minimum absolute atomic E-state index is 0.0254. The van der Waals surface area contributed by atoms with E-state index in [1.54, 1.807) is 17.0 Å². The van der Waals surface area contributed by atoms with Gasteiger partial charge in [-0.25, -0.2) is 14.8 Å². The summed E-state index contributed by atoms with van der Waals surface area (Å²) in [4.78, 5) is 38.6. The normalized spacial score (nSPS) is 31.3. The largest absolute Gasteiger partial charge is 0.489 e. The van der Waals surface area contributed by atoms with Gasteiger partial charge in [0.15, 0.2) is 0 Å². The molecule has 10 nitrogen and oxygen atoms in total. The fraction of sp³-hybridized carbons (Fsp3) is 0.667. The monoisotopic (exact) mass is 719 g/mol. The Morgan fingerprint density at radius 1 is 1.06 bits per heavy atom. The molecule has 1 spiro atoms. The van der Waals surface area contributed by atoms with E-state index in [1.165, 1.54) is 4.90 Å². The highest BCUT2D eigenvalue weighted by molar-refractivity contribution is 5.99. The molecule has 1 amide bonds. The van der Waals surface area contributed by atoms with E-state index in [-0.39, 0.29) is 30.9 Å². The van der Waals surface area contributed by atoms with Crippen molar-refractivity contribution in [1.82, 2.24) is 20.2 Å². The molecule has 3 aliphatic heterocycles. The molecule has 2 saturated heterocycles. The molecular weight excluding hydrogens is 677 g/mol. The van der Waals surface area contributed by atoms with Gasteiger partial charge in [-0.05, 0) is 98.8 Å². The number of fused-ring (bicyclic) bond motifs is 2. The van der Waals surface area contributed by atoms with Crippen molar-refractivity contribution in [2.45, 2.75) is 87.4 Å². The summed E-state index contributed by atoms with van der Waals surface area (Å²) in [5, 5.41) is 13.3. The number of aromatic nitrogens is 2. The second-order valence-electron chi connectivity index (χ2n) is 15.8. The van der Waals surface area contributed by atoms with E-state index in [9.17, 15) is 27.9 Å². The molecule has 0 unspecified atom stereocenters. The molecule has 0 radical (unpaired) electrons. The first-order chi connectivity index (χ1) is 24.1. The van der Waals surface area contributed by atoms with Gasteiger partial charge in [0.25, 0.3) is 11.8 Å². The van der Waals surface area contributed by atoms with E-state index in [0.29, 0.717) is 94.9 Å². The van der Waals surface area contributed by atoms with Crippen molar-refractivity contribution in [3.63, 3.8) is 0 Å². The van der Waals surface area contributed by atoms with Crippen LogP contribution in [0.1, 0.15) is 79.9 Å². The third-order valence-corrected chi connectivity index (χ3v) is 12.5. The van der Waals surface area contributed by atoms with Gasteiger partial charge in [-0.15, -0.1) is 0 Å². The van der Waals surface area contributed by atoms with Crippen LogP contribution in [0.3, 0.4) is 0 Å². The Bertz CT molecular complexity index is 1680. The molecule has 4 bridgehead atoms. The highest BCUT2D eigenvalue weighted by atomic mass is 19.4. The van der Waals surface area contributed by atoms with Gasteiger partial charge in [-0.1, -0.05) is 0 Å². The lowest BCUT2D eigenvalue weighted by atomic mass is 9.48. The second kappa shape index (κ2) is 12.2. The molecule has 1 atom stereocenters. The number of likely N-dealkylation sites (tertiary alicyclic amines) is 1. The number of hydrogen-bond acceptors (Lipinski definition) is 8. The second-order valence-corrected chi connectivity index (χ2v) is 15.8. The Labute approximate surface area is 292 Å². The summed E-state index contributed by atoms with van der Waals surface area (Å²) in [5.74, 6) is -4.79. The van der Waals surface area contributed by atoms with Crippen LogP contribution in [0.2, 0.25) is 0 Å². The van der Waals surface area contributed by atoms with E-state index in [1.807, 2.05) is 6.07 Å². The zero-order valence-electron chi connectivity index (χ0n) is 28.4. The maximum atomic E-state index is 15.4. The van der Waals surface area contributed by atoms with E-state index >= 15 is 8.78 Å². The molecule has 51 heavy (non-hydrogen) atoms. The maximum absolute atomic E-state index is 15.4. The van der Waals surface area contributed by atoms with Crippen molar-refractivity contribution in [1.29, 1.82) is 0 Å². The standard InChI is InChI=1S/C36H42F5N5O5/c1-33(37,38)29-26(30(47)44-36(31(48)49)22-11-20-10-21(13-22)14-23(36)12-20)16-42-32(43-29)46-18-34(5-8-50-9-6-34)27-15-24(2-3-28(27)46)51-25-4-7-45(17-25)19-35(39,40)41/h2-3,15-16,20-23,25H,4-14,17-19H2,1H3,(H,44,47)(H,48,49)/t20?,21?,22?,23?,25-,36?/m1/s1. The highest BCUT2D eigenvalue weighted by Crippen LogP contribution is 2.58. The predicted octanol–water partition coefficient (Wildman–Crippen LogP) is 5.81. The summed E-state index contributed by atoms with van der Waals surface area (Å²) in [6.07, 6.45) is 1.92. The number of alkyl halides is 5. The lowest BCUT2D eigenvalue weighted by molar-refractivity contribution is -0.163. The third kappa shape index (κ3) is 6.11. The summed E-state index contributed by atoms with van der Waals surface area (Å²) in [7, 11) is 0. The molecule has 4 aliphatic carbocycles. The molecule has 2 N–H and O–H groups in total. The Morgan fingerprint density at radius 2 is 1.75 bits per heavy atom. The van der Waals surface area contributed by atoms with Crippen LogP contribution >= 0.6 is 0 Å². The molecule has 9 rings (SSSR count). The summed E-state index contributed by atoms with van der Waals surface area (Å²) in [6, 6.07) is 5.37. The summed E-state index contributed by atoms with van der Waals surface area (Å²) >= 11 is 0. The summed E-state index contributed by atoms with van der Waals surface area (Å²) in [5.41, 5.74) is -1.66. The lowest BCUT2D eigenvalue weighted by Gasteiger charge is -2.59. The lowest BCUT2D eigenvalue weighted by Crippen LogP contribution is -2.70. The Morgan fingerprint density at radius 3 is 2.37 bits per heavy atom. The highest BCUT2D eigenvalue weighted by Gasteiger charge is 2.62. The molecule has 2 aromatic rings. The number of nitrogens with zero attached hydrogens (tertiary/aromatic N) is 4. The van der Waals surface area contributed by atoms with Gasteiger partial charge < -0.3 is 24.8 Å². The number of ether oxygens (including phenoxy) is 2. The third-order valence-electron chi connectivity index (χ3n) is 12.5. The molecular formula is C36H42F5N5O5. The first-order valence-electron chi connectivity index (χ1n) is 17.9. The molecule has 4 saturated carbocycles. The van der Waals surface area contributed by atoms with Gasteiger partial charge >= 0.3 is 12.1 Å². The average molecular weight is 720 g/mol. The van der Waals surface area contributed by atoms with E-state index in [4.69, 9.17) is 9.47 Å². The molecule has 1 aromatic carbocycles. The van der Waals surface area contributed by atoms with E-state index < -0.39 is 58.8 Å². The number of aliphatic carboxylic acids is 1. The van der Waals surface area contributed by atoms with Crippen molar-refractivity contribution >= 4 is 23.5 Å². The van der Waals surface area contributed by atoms with Gasteiger partial charge in [0.05, 0.1) is 12.1 Å². The molecule has 4 heterocycles. The Hall–Kier alpha value is -3.59. The molecule has 15 heteroatoms. The fourth-order valence-corrected chi connectivity index (χ4v) is 10.4. The number of hydrogen-bond donors (Lipinski definition) is 2. The smallest absolute Gasteiger partial charge is 0.401 e. The first kappa shape index (κ1) is 34.5. The Kier molecular flexibility index (Phi) is 8.28.